The fourth-order valence-corrected chi connectivity index (χ4v) is 3.70. The van der Waals surface area contributed by atoms with Gasteiger partial charge in [0, 0.05) is 37.5 Å². The Morgan fingerprint density at radius 1 is 1.40 bits per heavy atom. The molecule has 0 saturated heterocycles. The third-order valence-corrected chi connectivity index (χ3v) is 4.84. The van der Waals surface area contributed by atoms with E-state index < -0.39 is 5.97 Å². The van der Waals surface area contributed by atoms with Crippen molar-refractivity contribution in [2.45, 2.75) is 45.6 Å². The SMILES string of the molecule is CC(=O)O.Cc1cccc(Cl)c1-c1nccn1[C@@H]1CCC[C@H](CO)C1. The van der Waals surface area contributed by atoms with E-state index in [1.165, 1.54) is 0 Å². The predicted octanol–water partition coefficient (Wildman–Crippen LogP) is 4.33. The number of carbonyl (C=O) groups is 1. The zero-order chi connectivity index (χ0) is 18.4. The number of halogens is 1. The van der Waals surface area contributed by atoms with E-state index in [-0.39, 0.29) is 6.61 Å². The number of hydrogen-bond donors (Lipinski definition) is 2. The van der Waals surface area contributed by atoms with Crippen LogP contribution in [-0.2, 0) is 4.79 Å². The second-order valence-electron chi connectivity index (χ2n) is 6.48. The highest BCUT2D eigenvalue weighted by atomic mass is 35.5. The minimum absolute atomic E-state index is 0.283. The zero-order valence-electron chi connectivity index (χ0n) is 14.7. The summed E-state index contributed by atoms with van der Waals surface area (Å²) in [5, 5.41) is 17.6. The highest BCUT2D eigenvalue weighted by Gasteiger charge is 2.25. The van der Waals surface area contributed by atoms with Crippen LogP contribution in [0.15, 0.2) is 30.6 Å². The minimum atomic E-state index is -0.833. The van der Waals surface area contributed by atoms with E-state index >= 15 is 0 Å². The first-order chi connectivity index (χ1) is 11.9. The normalized spacial score (nSPS) is 19.8. The Labute approximate surface area is 153 Å². The number of aromatic nitrogens is 2. The molecule has 1 aliphatic carbocycles. The van der Waals surface area contributed by atoms with Crippen molar-refractivity contribution in [3.63, 3.8) is 0 Å². The lowest BCUT2D eigenvalue weighted by Gasteiger charge is -2.30. The first kappa shape index (κ1) is 19.5. The molecule has 0 aliphatic heterocycles. The first-order valence-corrected chi connectivity index (χ1v) is 8.90. The van der Waals surface area contributed by atoms with Gasteiger partial charge in [-0.3, -0.25) is 4.79 Å². The molecule has 2 N–H and O–H groups in total. The predicted molar refractivity (Wildman–Crippen MR) is 98.8 cm³/mol. The van der Waals surface area contributed by atoms with E-state index in [1.807, 2.05) is 24.5 Å². The fourth-order valence-electron chi connectivity index (χ4n) is 3.40. The van der Waals surface area contributed by atoms with Gasteiger partial charge < -0.3 is 14.8 Å². The topological polar surface area (TPSA) is 75.3 Å². The molecule has 0 spiro atoms. The van der Waals surface area contributed by atoms with Crippen LogP contribution in [0.5, 0.6) is 0 Å². The van der Waals surface area contributed by atoms with Crippen LogP contribution < -0.4 is 0 Å². The van der Waals surface area contributed by atoms with Crippen LogP contribution >= 0.6 is 11.6 Å². The number of aliphatic hydroxyl groups excluding tert-OH is 1. The van der Waals surface area contributed by atoms with Crippen LogP contribution in [0.1, 0.15) is 44.2 Å². The number of rotatable bonds is 3. The van der Waals surface area contributed by atoms with Crippen LogP contribution in [0, 0.1) is 12.8 Å². The second-order valence-corrected chi connectivity index (χ2v) is 6.89. The van der Waals surface area contributed by atoms with Gasteiger partial charge in [-0.1, -0.05) is 30.2 Å². The number of imidazole rings is 1. The van der Waals surface area contributed by atoms with Gasteiger partial charge in [-0.25, -0.2) is 4.98 Å². The molecule has 2 aromatic rings. The van der Waals surface area contributed by atoms with Crippen molar-refractivity contribution in [1.82, 2.24) is 9.55 Å². The van der Waals surface area contributed by atoms with Crippen molar-refractivity contribution < 1.29 is 15.0 Å². The first-order valence-electron chi connectivity index (χ1n) is 8.52. The van der Waals surface area contributed by atoms with E-state index in [4.69, 9.17) is 21.5 Å². The molecule has 1 aromatic heterocycles. The van der Waals surface area contributed by atoms with Gasteiger partial charge in [-0.15, -0.1) is 0 Å². The number of hydrogen-bond acceptors (Lipinski definition) is 3. The van der Waals surface area contributed by atoms with Gasteiger partial charge in [0.1, 0.15) is 5.82 Å². The largest absolute Gasteiger partial charge is 0.481 e. The molecular formula is C19H25ClN2O3. The fraction of sp³-hybridized carbons (Fsp3) is 0.474. The van der Waals surface area contributed by atoms with E-state index in [0.717, 1.165) is 54.6 Å². The Hall–Kier alpha value is -1.85. The van der Waals surface area contributed by atoms with Gasteiger partial charge in [0.05, 0.1) is 5.02 Å². The number of aryl methyl sites for hydroxylation is 1. The molecule has 0 amide bonds. The molecule has 0 unspecified atom stereocenters. The number of aliphatic hydroxyl groups is 1. The molecule has 1 aliphatic rings. The summed E-state index contributed by atoms with van der Waals surface area (Å²) in [4.78, 5) is 13.6. The third kappa shape index (κ3) is 5.06. The Kier molecular flexibility index (Phi) is 7.02. The van der Waals surface area contributed by atoms with Gasteiger partial charge in [-0.05, 0) is 43.7 Å². The van der Waals surface area contributed by atoms with Gasteiger partial charge in [0.15, 0.2) is 0 Å². The van der Waals surface area contributed by atoms with Crippen LogP contribution in [0.25, 0.3) is 11.4 Å². The van der Waals surface area contributed by atoms with Crippen molar-refractivity contribution in [2.24, 2.45) is 5.92 Å². The average molecular weight is 365 g/mol. The second kappa shape index (κ2) is 9.02. The Morgan fingerprint density at radius 3 is 2.76 bits per heavy atom. The maximum Gasteiger partial charge on any atom is 0.300 e. The Bertz CT molecular complexity index is 690. The van der Waals surface area contributed by atoms with Gasteiger partial charge in [-0.2, -0.15) is 0 Å². The van der Waals surface area contributed by atoms with Gasteiger partial charge in [0.2, 0.25) is 0 Å². The van der Waals surface area contributed by atoms with Gasteiger partial charge in [0.25, 0.3) is 5.97 Å². The van der Waals surface area contributed by atoms with E-state index in [1.54, 1.807) is 0 Å². The van der Waals surface area contributed by atoms with E-state index in [2.05, 4.69) is 22.5 Å². The summed E-state index contributed by atoms with van der Waals surface area (Å²) in [6.45, 7) is 3.43. The molecule has 136 valence electrons. The molecule has 1 fully saturated rings. The molecule has 0 radical (unpaired) electrons. The number of carboxylic acid groups (broad SMARTS) is 1. The summed E-state index contributed by atoms with van der Waals surface area (Å²) < 4.78 is 2.25. The number of benzene rings is 1. The molecule has 1 aromatic carbocycles. The summed E-state index contributed by atoms with van der Waals surface area (Å²) in [6, 6.07) is 6.36. The summed E-state index contributed by atoms with van der Waals surface area (Å²) in [5.41, 5.74) is 2.17. The monoisotopic (exact) mass is 364 g/mol. The molecule has 5 nitrogen and oxygen atoms in total. The highest BCUT2D eigenvalue weighted by Crippen LogP contribution is 2.37. The molecule has 1 saturated carbocycles. The van der Waals surface area contributed by atoms with Crippen molar-refractivity contribution in [3.8, 4) is 11.4 Å². The maximum atomic E-state index is 9.43. The summed E-state index contributed by atoms with van der Waals surface area (Å²) in [5.74, 6) is 0.521. The number of aliphatic carboxylic acids is 1. The summed E-state index contributed by atoms with van der Waals surface area (Å²) >= 11 is 6.39. The Morgan fingerprint density at radius 2 is 2.12 bits per heavy atom. The quantitative estimate of drug-likeness (QED) is 0.850. The van der Waals surface area contributed by atoms with Crippen LogP contribution in [0.4, 0.5) is 0 Å². The summed E-state index contributed by atoms with van der Waals surface area (Å²) in [7, 11) is 0. The average Bonchev–Trinajstić information content (AvgIpc) is 3.03. The van der Waals surface area contributed by atoms with Gasteiger partial charge >= 0.3 is 0 Å². The Balaban J connectivity index is 0.000000511. The molecule has 6 heteroatoms. The van der Waals surface area contributed by atoms with Crippen molar-refractivity contribution in [2.75, 3.05) is 6.61 Å². The maximum absolute atomic E-state index is 9.43. The third-order valence-electron chi connectivity index (χ3n) is 4.52. The number of carboxylic acids is 1. The smallest absolute Gasteiger partial charge is 0.300 e. The van der Waals surface area contributed by atoms with E-state index in [0.29, 0.717) is 12.0 Å². The van der Waals surface area contributed by atoms with Crippen LogP contribution in [0.2, 0.25) is 5.02 Å². The van der Waals surface area contributed by atoms with E-state index in [9.17, 15) is 5.11 Å². The van der Waals surface area contributed by atoms with Crippen molar-refractivity contribution in [3.05, 3.63) is 41.2 Å². The van der Waals surface area contributed by atoms with Crippen LogP contribution in [0.3, 0.4) is 0 Å². The minimum Gasteiger partial charge on any atom is -0.481 e. The molecular weight excluding hydrogens is 340 g/mol. The van der Waals surface area contributed by atoms with Crippen molar-refractivity contribution >= 4 is 17.6 Å². The molecule has 0 bridgehead atoms. The summed E-state index contributed by atoms with van der Waals surface area (Å²) in [6.07, 6.45) is 8.34. The van der Waals surface area contributed by atoms with Crippen molar-refractivity contribution in [1.29, 1.82) is 0 Å². The lowest BCUT2D eigenvalue weighted by Crippen LogP contribution is -2.21. The molecule has 3 rings (SSSR count). The molecule has 2 atom stereocenters. The molecule has 25 heavy (non-hydrogen) atoms. The number of nitrogens with zero attached hydrogens (tertiary/aromatic N) is 2. The highest BCUT2D eigenvalue weighted by molar-refractivity contribution is 6.33. The molecule has 1 heterocycles. The van der Waals surface area contributed by atoms with Crippen LogP contribution in [-0.4, -0.2) is 32.3 Å². The standard InChI is InChI=1S/C17H21ClN2O.C2H4O2/c1-12-4-2-7-15(18)16(12)17-19-8-9-20(17)14-6-3-5-13(10-14)11-21;1-2(3)4/h2,4,7-9,13-14,21H,3,5-6,10-11H2,1H3;1H3,(H,3,4)/t13-,14+;/m0./s1. The lowest BCUT2D eigenvalue weighted by molar-refractivity contribution is -0.134. The lowest BCUT2D eigenvalue weighted by atomic mass is 9.86. The zero-order valence-corrected chi connectivity index (χ0v) is 15.4.